The van der Waals surface area contributed by atoms with Crippen molar-refractivity contribution in [3.05, 3.63) is 42.0 Å². The summed E-state index contributed by atoms with van der Waals surface area (Å²) in [5.41, 5.74) is 0.262. The van der Waals surface area contributed by atoms with Crippen molar-refractivity contribution in [1.29, 1.82) is 0 Å². The van der Waals surface area contributed by atoms with E-state index in [2.05, 4.69) is 24.1 Å². The number of rotatable bonds is 24. The van der Waals surface area contributed by atoms with Gasteiger partial charge in [-0.25, -0.2) is 9.59 Å². The molecule has 6 N–H and O–H groups in total. The highest BCUT2D eigenvalue weighted by Crippen LogP contribution is 2.35. The summed E-state index contributed by atoms with van der Waals surface area (Å²) in [5, 5.41) is 33.6. The molecule has 4 atom stereocenters. The van der Waals surface area contributed by atoms with Gasteiger partial charge in [0, 0.05) is 6.42 Å². The molecule has 0 radical (unpaired) electrons. The second kappa shape index (κ2) is 21.8. The molecule has 0 aromatic heterocycles. The maximum atomic E-state index is 13.7. The first-order valence-corrected chi connectivity index (χ1v) is 16.5. The number of benzene rings is 1. The summed E-state index contributed by atoms with van der Waals surface area (Å²) in [6.45, 7) is 5.16. The van der Waals surface area contributed by atoms with Gasteiger partial charge in [0.1, 0.15) is 23.8 Å². The number of ether oxygens (including phenoxy) is 2. The van der Waals surface area contributed by atoms with Crippen LogP contribution in [0.5, 0.6) is 5.75 Å². The van der Waals surface area contributed by atoms with Crippen LogP contribution < -0.4 is 15.8 Å². The van der Waals surface area contributed by atoms with E-state index in [1.807, 2.05) is 0 Å². The van der Waals surface area contributed by atoms with E-state index in [1.165, 1.54) is 25.3 Å². The molecule has 0 spiro atoms. The van der Waals surface area contributed by atoms with Gasteiger partial charge in [-0.05, 0) is 57.2 Å². The number of carboxylic acid groups (broad SMARTS) is 1. The minimum absolute atomic E-state index is 0.0388. The molecule has 11 heteroatoms. The van der Waals surface area contributed by atoms with Gasteiger partial charge in [-0.2, -0.15) is 0 Å². The van der Waals surface area contributed by atoms with Crippen molar-refractivity contribution < 1.29 is 44.0 Å². The molecule has 1 aromatic rings. The number of esters is 1. The zero-order valence-corrected chi connectivity index (χ0v) is 28.4. The van der Waals surface area contributed by atoms with E-state index >= 15 is 0 Å². The Bertz CT molecular complexity index is 1210. The van der Waals surface area contributed by atoms with Crippen molar-refractivity contribution in [3.63, 3.8) is 0 Å². The highest BCUT2D eigenvalue weighted by atomic mass is 16.5. The molecule has 0 aliphatic carbocycles. The van der Waals surface area contributed by atoms with Crippen LogP contribution in [0.2, 0.25) is 0 Å². The summed E-state index contributed by atoms with van der Waals surface area (Å²) in [5.74, 6) is 0.501. The molecular formula is C36H54N2O9. The predicted octanol–water partition coefficient (Wildman–Crippen LogP) is 4.21. The van der Waals surface area contributed by atoms with E-state index in [0.717, 1.165) is 65.1 Å². The monoisotopic (exact) mass is 658 g/mol. The Labute approximate surface area is 279 Å². The Morgan fingerprint density at radius 3 is 2.13 bits per heavy atom. The molecule has 2 amide bonds. The van der Waals surface area contributed by atoms with Gasteiger partial charge in [-0.1, -0.05) is 88.5 Å². The summed E-state index contributed by atoms with van der Waals surface area (Å²) in [7, 11) is 1.14. The number of methoxy groups -OCH3 is 1. The second-order valence-electron chi connectivity index (χ2n) is 11.9. The minimum Gasteiger partial charge on any atom is -0.481 e. The van der Waals surface area contributed by atoms with Crippen molar-refractivity contribution in [1.82, 2.24) is 5.32 Å². The maximum Gasteiger partial charge on any atom is 0.347 e. The molecule has 0 heterocycles. The van der Waals surface area contributed by atoms with E-state index in [0.29, 0.717) is 24.2 Å². The second-order valence-corrected chi connectivity index (χ2v) is 11.9. The van der Waals surface area contributed by atoms with Gasteiger partial charge >= 0.3 is 11.9 Å². The first-order valence-electron chi connectivity index (χ1n) is 16.5. The quantitative estimate of drug-likeness (QED) is 0.0357. The minimum atomic E-state index is -3.32. The summed E-state index contributed by atoms with van der Waals surface area (Å²) in [6, 6.07) is 5.42. The van der Waals surface area contributed by atoms with Crippen LogP contribution in [-0.2, 0) is 30.3 Å². The average Bonchev–Trinajstić information content (AvgIpc) is 3.05. The van der Waals surface area contributed by atoms with Gasteiger partial charge < -0.3 is 35.8 Å². The van der Waals surface area contributed by atoms with Crippen LogP contribution in [0.25, 0.3) is 0 Å². The zero-order valence-electron chi connectivity index (χ0n) is 28.4. The smallest absolute Gasteiger partial charge is 0.347 e. The summed E-state index contributed by atoms with van der Waals surface area (Å²) in [6.07, 6.45) is 13.4. The number of unbranched alkanes of at least 4 members (excludes halogenated alkanes) is 8. The standard InChI is InChI=1S/C36H54N2O9/c1-5-7-9-12-15-18-28(39)19-16-13-10-11-14-17-24-35(3,36(45,32(37)41)34(43)44)33(42)38-30(31(40)46-4)26-27-20-22-29(23-21-27)47-25-8-6-2/h17,20-24,28,30,39,45H,5,7,9-16,18-19,25-26H2,1-4H3,(H2,37,41)(H,38,42)(H,43,44)/b24-17+/t28?,30-,35+,36-/m0/s1. The fourth-order valence-corrected chi connectivity index (χ4v) is 5.18. The molecule has 0 saturated carbocycles. The maximum absolute atomic E-state index is 13.7. The van der Waals surface area contributed by atoms with Gasteiger partial charge in [0.2, 0.25) is 5.91 Å². The number of aliphatic hydroxyl groups excluding tert-OH is 1. The Balaban J connectivity index is 2.94. The van der Waals surface area contributed by atoms with Crippen molar-refractivity contribution in [2.75, 3.05) is 13.7 Å². The summed E-state index contributed by atoms with van der Waals surface area (Å²) in [4.78, 5) is 50.9. The molecule has 11 nitrogen and oxygen atoms in total. The summed E-state index contributed by atoms with van der Waals surface area (Å²) >= 11 is 0. The molecule has 0 bridgehead atoms. The number of carboxylic acids is 1. The molecule has 0 aliphatic rings. The van der Waals surface area contributed by atoms with Gasteiger partial charge in [0.25, 0.3) is 11.5 Å². The molecule has 47 heavy (non-hydrogen) atoms. The fourth-order valence-electron chi connectivity index (χ4n) is 5.18. The number of aliphatic carboxylic acids is 1. The summed E-state index contributed by atoms with van der Waals surface area (Å²) < 4.78 is 10.4. The van der Waals surface area contributed by atoms with Crippen molar-refractivity contribution in [2.24, 2.45) is 11.1 Å². The van der Waals surface area contributed by atoms with Gasteiger partial charge in [0.05, 0.1) is 13.2 Å². The number of amides is 2. The van der Waals surface area contributed by atoms with Crippen molar-refractivity contribution in [2.45, 2.75) is 122 Å². The van der Waals surface area contributed by atoms with E-state index in [1.54, 1.807) is 31.2 Å². The number of nitrogens with one attached hydrogen (secondary N) is 1. The van der Waals surface area contributed by atoms with Crippen molar-refractivity contribution >= 4 is 23.8 Å². The first kappa shape index (κ1) is 41.1. The van der Waals surface area contributed by atoms with Crippen LogP contribution in [0.3, 0.4) is 0 Å². The Kier molecular flexibility index (Phi) is 19.1. The number of hydrogen-bond donors (Lipinski definition) is 5. The van der Waals surface area contributed by atoms with Gasteiger partial charge in [-0.3, -0.25) is 9.59 Å². The first-order chi connectivity index (χ1) is 22.4. The molecule has 0 saturated heterocycles. The lowest BCUT2D eigenvalue weighted by molar-refractivity contribution is -0.180. The Morgan fingerprint density at radius 1 is 1.00 bits per heavy atom. The molecular weight excluding hydrogens is 604 g/mol. The zero-order chi connectivity index (χ0) is 35.3. The third kappa shape index (κ3) is 13.4. The van der Waals surface area contributed by atoms with E-state index in [4.69, 9.17) is 15.2 Å². The number of primary amides is 1. The van der Waals surface area contributed by atoms with E-state index < -0.39 is 40.8 Å². The Hall–Kier alpha value is -3.88. The van der Waals surface area contributed by atoms with E-state index in [9.17, 15) is 34.5 Å². The lowest BCUT2D eigenvalue weighted by Gasteiger charge is -2.37. The highest BCUT2D eigenvalue weighted by molar-refractivity contribution is 6.11. The third-order valence-electron chi connectivity index (χ3n) is 8.28. The van der Waals surface area contributed by atoms with Crippen molar-refractivity contribution in [3.8, 4) is 17.6 Å². The van der Waals surface area contributed by atoms with E-state index in [-0.39, 0.29) is 19.1 Å². The number of nitrogens with two attached hydrogens (primary N) is 1. The Morgan fingerprint density at radius 2 is 1.60 bits per heavy atom. The fraction of sp³-hybridized carbons (Fsp3) is 0.611. The largest absolute Gasteiger partial charge is 0.481 e. The third-order valence-corrected chi connectivity index (χ3v) is 8.28. The van der Waals surface area contributed by atoms with Crippen LogP contribution >= 0.6 is 0 Å². The SMILES string of the molecule is CC#CCOc1ccc(C[C@H](NC(=O)[C@@](C)(/C=C/CCCCCCC(O)CCCCCCC)[C@](O)(C(N)=O)C(=O)O)C(=O)OC)cc1. The average molecular weight is 659 g/mol. The van der Waals surface area contributed by atoms with Crippen LogP contribution in [0.4, 0.5) is 0 Å². The molecule has 1 rings (SSSR count). The molecule has 262 valence electrons. The number of hydrogen-bond acceptors (Lipinski definition) is 8. The molecule has 1 unspecified atom stereocenters. The lowest BCUT2D eigenvalue weighted by Crippen LogP contribution is -2.66. The predicted molar refractivity (Wildman–Crippen MR) is 179 cm³/mol. The molecule has 1 aromatic carbocycles. The molecule has 0 fully saturated rings. The van der Waals surface area contributed by atoms with Crippen LogP contribution in [0, 0.1) is 17.3 Å². The topological polar surface area (TPSA) is 185 Å². The van der Waals surface area contributed by atoms with Gasteiger partial charge in [0.15, 0.2) is 0 Å². The number of allylic oxidation sites excluding steroid dienone is 1. The van der Waals surface area contributed by atoms with Crippen LogP contribution in [0.1, 0.15) is 103 Å². The van der Waals surface area contributed by atoms with Gasteiger partial charge in [-0.15, -0.1) is 5.92 Å². The number of carbonyl (C=O) groups excluding carboxylic acids is 3. The number of aliphatic hydroxyl groups is 2. The lowest BCUT2D eigenvalue weighted by atomic mass is 9.71. The normalized spacial score (nSPS) is 14.9. The molecule has 0 aliphatic heterocycles. The van der Waals surface area contributed by atoms with Crippen LogP contribution in [0.15, 0.2) is 36.4 Å². The highest BCUT2D eigenvalue weighted by Gasteiger charge is 2.61. The van der Waals surface area contributed by atoms with Crippen LogP contribution in [-0.4, -0.2) is 70.5 Å². The number of carbonyl (C=O) groups is 4.